The second-order valence-electron chi connectivity index (χ2n) is 3.50. The maximum absolute atomic E-state index is 11.0. The summed E-state index contributed by atoms with van der Waals surface area (Å²) >= 11 is 0. The van der Waals surface area contributed by atoms with Crippen LogP contribution in [0.1, 0.15) is 21.7 Å². The van der Waals surface area contributed by atoms with Gasteiger partial charge in [-0.3, -0.25) is 0 Å². The summed E-state index contributed by atoms with van der Waals surface area (Å²) in [6.07, 6.45) is 4.85. The number of carboxylic acids is 1. The van der Waals surface area contributed by atoms with Crippen molar-refractivity contribution in [1.82, 2.24) is 9.97 Å². The number of carboxylic acid groups (broad SMARTS) is 1. The van der Waals surface area contributed by atoms with Crippen molar-refractivity contribution in [3.05, 3.63) is 53.6 Å². The predicted octanol–water partition coefficient (Wildman–Crippen LogP) is 2.31. The van der Waals surface area contributed by atoms with Crippen LogP contribution < -0.4 is 0 Å². The molecular formula is C12H13ClN2O2. The highest BCUT2D eigenvalue weighted by Crippen LogP contribution is 2.11. The average Bonchev–Trinajstić information content (AvgIpc) is 2.79. The Morgan fingerprint density at radius 3 is 2.71 bits per heavy atom. The average molecular weight is 253 g/mol. The summed E-state index contributed by atoms with van der Waals surface area (Å²) in [7, 11) is 0. The highest BCUT2D eigenvalue weighted by atomic mass is 35.5. The first kappa shape index (κ1) is 13.3. The molecule has 0 aliphatic heterocycles. The zero-order valence-corrected chi connectivity index (χ0v) is 9.91. The third-order valence-electron chi connectivity index (χ3n) is 2.43. The molecule has 1 heterocycles. The first-order chi connectivity index (χ1) is 7.77. The highest BCUT2D eigenvalue weighted by Gasteiger charge is 2.08. The van der Waals surface area contributed by atoms with E-state index in [2.05, 4.69) is 9.97 Å². The molecule has 0 fully saturated rings. The molecule has 2 aromatic rings. The number of aryl methyl sites for hydroxylation is 2. The zero-order valence-electron chi connectivity index (χ0n) is 9.09. The van der Waals surface area contributed by atoms with Crippen molar-refractivity contribution in [2.75, 3.05) is 0 Å². The number of nitrogens with zero attached hydrogens (tertiary/aromatic N) is 1. The van der Waals surface area contributed by atoms with Crippen LogP contribution in [0.4, 0.5) is 0 Å². The predicted molar refractivity (Wildman–Crippen MR) is 66.6 cm³/mol. The minimum atomic E-state index is -0.880. The molecule has 0 radical (unpaired) electrons. The van der Waals surface area contributed by atoms with Crippen molar-refractivity contribution < 1.29 is 9.90 Å². The molecule has 2 N–H and O–H groups in total. The SMILES string of the molecule is Cl.O=C(O)c1ccccc1CCc1ncc[nH]1. The number of H-pyrrole nitrogens is 1. The molecule has 0 unspecified atom stereocenters. The molecule has 1 aromatic carbocycles. The number of aromatic amines is 1. The van der Waals surface area contributed by atoms with Gasteiger partial charge in [0.2, 0.25) is 0 Å². The van der Waals surface area contributed by atoms with Gasteiger partial charge in [-0.25, -0.2) is 9.78 Å². The normalized spacial score (nSPS) is 9.65. The van der Waals surface area contributed by atoms with Crippen molar-refractivity contribution in [2.24, 2.45) is 0 Å². The molecule has 0 bridgehead atoms. The minimum absolute atomic E-state index is 0. The second kappa shape index (κ2) is 6.06. The summed E-state index contributed by atoms with van der Waals surface area (Å²) in [6.45, 7) is 0. The van der Waals surface area contributed by atoms with Crippen molar-refractivity contribution in [3.8, 4) is 0 Å². The van der Waals surface area contributed by atoms with Crippen LogP contribution in [0, 0.1) is 0 Å². The number of imidazole rings is 1. The number of halogens is 1. The van der Waals surface area contributed by atoms with Gasteiger partial charge in [-0.15, -0.1) is 12.4 Å². The molecule has 5 heteroatoms. The van der Waals surface area contributed by atoms with Gasteiger partial charge in [-0.2, -0.15) is 0 Å². The molecule has 0 aliphatic carbocycles. The number of aromatic nitrogens is 2. The van der Waals surface area contributed by atoms with Crippen LogP contribution in [-0.4, -0.2) is 21.0 Å². The third-order valence-corrected chi connectivity index (χ3v) is 2.43. The fourth-order valence-electron chi connectivity index (χ4n) is 1.63. The maximum Gasteiger partial charge on any atom is 0.335 e. The Kier molecular flexibility index (Phi) is 4.72. The summed E-state index contributed by atoms with van der Waals surface area (Å²) in [4.78, 5) is 18.1. The maximum atomic E-state index is 11.0. The van der Waals surface area contributed by atoms with E-state index in [1.54, 1.807) is 24.5 Å². The van der Waals surface area contributed by atoms with Crippen LogP contribution in [0.25, 0.3) is 0 Å². The fraction of sp³-hybridized carbons (Fsp3) is 0.167. The van der Waals surface area contributed by atoms with E-state index < -0.39 is 5.97 Å². The van der Waals surface area contributed by atoms with E-state index in [1.165, 1.54) is 0 Å². The highest BCUT2D eigenvalue weighted by molar-refractivity contribution is 5.89. The van der Waals surface area contributed by atoms with Gasteiger partial charge in [0.1, 0.15) is 5.82 Å². The first-order valence-electron chi connectivity index (χ1n) is 5.07. The Balaban J connectivity index is 0.00000144. The van der Waals surface area contributed by atoms with Crippen LogP contribution in [0.5, 0.6) is 0 Å². The quantitative estimate of drug-likeness (QED) is 0.878. The number of benzene rings is 1. The van der Waals surface area contributed by atoms with Crippen LogP contribution in [0.3, 0.4) is 0 Å². The monoisotopic (exact) mass is 252 g/mol. The van der Waals surface area contributed by atoms with E-state index in [-0.39, 0.29) is 12.4 Å². The lowest BCUT2D eigenvalue weighted by atomic mass is 10.0. The van der Waals surface area contributed by atoms with E-state index in [9.17, 15) is 4.79 Å². The summed E-state index contributed by atoms with van der Waals surface area (Å²) in [5.41, 5.74) is 1.21. The summed E-state index contributed by atoms with van der Waals surface area (Å²) in [6, 6.07) is 7.05. The van der Waals surface area contributed by atoms with Gasteiger partial charge in [0.15, 0.2) is 0 Å². The third kappa shape index (κ3) is 3.32. The molecule has 0 saturated heterocycles. The summed E-state index contributed by atoms with van der Waals surface area (Å²) < 4.78 is 0. The van der Waals surface area contributed by atoms with E-state index in [1.807, 2.05) is 12.1 Å². The molecular weight excluding hydrogens is 240 g/mol. The number of aromatic carboxylic acids is 1. The Hall–Kier alpha value is -1.81. The van der Waals surface area contributed by atoms with Gasteiger partial charge in [0, 0.05) is 18.8 Å². The van der Waals surface area contributed by atoms with Crippen molar-refractivity contribution >= 4 is 18.4 Å². The molecule has 90 valence electrons. The van der Waals surface area contributed by atoms with E-state index in [4.69, 9.17) is 5.11 Å². The molecule has 0 saturated carbocycles. The van der Waals surface area contributed by atoms with Gasteiger partial charge in [-0.05, 0) is 18.1 Å². The minimum Gasteiger partial charge on any atom is -0.478 e. The molecule has 4 nitrogen and oxygen atoms in total. The van der Waals surface area contributed by atoms with Gasteiger partial charge >= 0.3 is 5.97 Å². The molecule has 0 atom stereocenters. The Labute approximate surface area is 105 Å². The van der Waals surface area contributed by atoms with Crippen molar-refractivity contribution in [2.45, 2.75) is 12.8 Å². The van der Waals surface area contributed by atoms with E-state index >= 15 is 0 Å². The Morgan fingerprint density at radius 1 is 1.29 bits per heavy atom. The molecule has 17 heavy (non-hydrogen) atoms. The fourth-order valence-corrected chi connectivity index (χ4v) is 1.63. The van der Waals surface area contributed by atoms with E-state index in [0.717, 1.165) is 17.8 Å². The van der Waals surface area contributed by atoms with Gasteiger partial charge < -0.3 is 10.1 Å². The van der Waals surface area contributed by atoms with Gasteiger partial charge in [-0.1, -0.05) is 18.2 Å². The summed E-state index contributed by atoms with van der Waals surface area (Å²) in [5.74, 6) is -0.00441. The topological polar surface area (TPSA) is 66.0 Å². The van der Waals surface area contributed by atoms with Crippen molar-refractivity contribution in [1.29, 1.82) is 0 Å². The Bertz CT molecular complexity index is 483. The molecule has 0 spiro atoms. The molecule has 2 rings (SSSR count). The number of hydrogen-bond acceptors (Lipinski definition) is 2. The standard InChI is InChI=1S/C12H12N2O2.ClH/c15-12(16)10-4-2-1-3-9(10)5-6-11-13-7-8-14-11;/h1-4,7-8H,5-6H2,(H,13,14)(H,15,16);1H. The van der Waals surface area contributed by atoms with Crippen LogP contribution in [0.2, 0.25) is 0 Å². The smallest absolute Gasteiger partial charge is 0.335 e. The molecule has 0 aliphatic rings. The molecule has 0 amide bonds. The second-order valence-corrected chi connectivity index (χ2v) is 3.50. The Morgan fingerprint density at radius 2 is 2.06 bits per heavy atom. The first-order valence-corrected chi connectivity index (χ1v) is 5.07. The van der Waals surface area contributed by atoms with Crippen LogP contribution in [0.15, 0.2) is 36.7 Å². The lowest BCUT2D eigenvalue weighted by molar-refractivity contribution is 0.0695. The van der Waals surface area contributed by atoms with Crippen LogP contribution >= 0.6 is 12.4 Å². The van der Waals surface area contributed by atoms with E-state index in [0.29, 0.717) is 12.0 Å². The number of rotatable bonds is 4. The number of nitrogens with one attached hydrogen (secondary N) is 1. The molecule has 1 aromatic heterocycles. The largest absolute Gasteiger partial charge is 0.478 e. The lowest BCUT2D eigenvalue weighted by Gasteiger charge is -2.04. The lowest BCUT2D eigenvalue weighted by Crippen LogP contribution is -2.03. The number of hydrogen-bond donors (Lipinski definition) is 2. The van der Waals surface area contributed by atoms with Crippen LogP contribution in [-0.2, 0) is 12.8 Å². The van der Waals surface area contributed by atoms with Gasteiger partial charge in [0.25, 0.3) is 0 Å². The number of carbonyl (C=O) groups is 1. The summed E-state index contributed by atoms with van der Waals surface area (Å²) in [5, 5.41) is 9.00. The van der Waals surface area contributed by atoms with Crippen molar-refractivity contribution in [3.63, 3.8) is 0 Å². The zero-order chi connectivity index (χ0) is 11.4. The van der Waals surface area contributed by atoms with Gasteiger partial charge in [0.05, 0.1) is 5.56 Å².